The Bertz CT molecular complexity index is 727. The van der Waals surface area contributed by atoms with Crippen LogP contribution in [0.3, 0.4) is 0 Å². The van der Waals surface area contributed by atoms with E-state index in [0.29, 0.717) is 19.4 Å². The van der Waals surface area contributed by atoms with Crippen LogP contribution < -0.4 is 4.74 Å². The number of piperidine rings is 1. The molecule has 1 saturated heterocycles. The molecule has 7 nitrogen and oxygen atoms in total. The minimum Gasteiger partial charge on any atom is -0.496 e. The van der Waals surface area contributed by atoms with Crippen LogP contribution in [0.5, 0.6) is 5.75 Å². The summed E-state index contributed by atoms with van der Waals surface area (Å²) in [6, 6.07) is 4.09. The molecule has 0 saturated carbocycles. The first-order valence-electron chi connectivity index (χ1n) is 7.14. The molecule has 0 aliphatic carbocycles. The van der Waals surface area contributed by atoms with E-state index >= 15 is 0 Å². The lowest BCUT2D eigenvalue weighted by atomic mass is 9.97. The number of amides is 1. The molecule has 126 valence electrons. The molecule has 1 atom stereocenters. The van der Waals surface area contributed by atoms with Crippen molar-refractivity contribution in [1.29, 1.82) is 0 Å². The van der Waals surface area contributed by atoms with Gasteiger partial charge in [-0.05, 0) is 31.0 Å². The quantitative estimate of drug-likeness (QED) is 0.878. The second-order valence-electron chi connectivity index (χ2n) is 5.56. The number of ether oxygens (including phenoxy) is 1. The Morgan fingerprint density at radius 1 is 1.35 bits per heavy atom. The SMILES string of the molecule is COc1ccc(S(C)(=O)=O)cc1C(=O)N1CCC[C@H](C(=O)O)C1. The zero-order chi connectivity index (χ0) is 17.2. The fraction of sp³-hybridized carbons (Fsp3) is 0.467. The van der Waals surface area contributed by atoms with E-state index in [4.69, 9.17) is 9.84 Å². The van der Waals surface area contributed by atoms with Gasteiger partial charge in [-0.25, -0.2) is 8.42 Å². The third-order valence-electron chi connectivity index (χ3n) is 3.89. The van der Waals surface area contributed by atoms with Gasteiger partial charge in [0.15, 0.2) is 9.84 Å². The first kappa shape index (κ1) is 17.3. The highest BCUT2D eigenvalue weighted by molar-refractivity contribution is 7.90. The first-order valence-corrected chi connectivity index (χ1v) is 9.03. The standard InChI is InChI=1S/C15H19NO6S/c1-22-13-6-5-11(23(2,20)21)8-12(13)14(17)16-7-3-4-10(9-16)15(18)19/h5-6,8,10H,3-4,7,9H2,1-2H3,(H,18,19)/t10-/m0/s1. The topological polar surface area (TPSA) is 101 Å². The minimum atomic E-state index is -3.46. The van der Waals surface area contributed by atoms with E-state index in [1.165, 1.54) is 30.2 Å². The summed E-state index contributed by atoms with van der Waals surface area (Å²) in [5.74, 6) is -1.69. The predicted molar refractivity (Wildman–Crippen MR) is 82.4 cm³/mol. The molecule has 23 heavy (non-hydrogen) atoms. The van der Waals surface area contributed by atoms with Crippen LogP contribution in [0.25, 0.3) is 0 Å². The number of carboxylic acid groups (broad SMARTS) is 1. The highest BCUT2D eigenvalue weighted by atomic mass is 32.2. The predicted octanol–water partition coefficient (Wildman–Crippen LogP) is 1.04. The Morgan fingerprint density at radius 3 is 2.61 bits per heavy atom. The molecule has 0 unspecified atom stereocenters. The van der Waals surface area contributed by atoms with Gasteiger partial charge in [0.05, 0.1) is 23.5 Å². The number of rotatable bonds is 4. The van der Waals surface area contributed by atoms with E-state index in [2.05, 4.69) is 0 Å². The Balaban J connectivity index is 2.36. The molecule has 0 aromatic heterocycles. The Hall–Kier alpha value is -2.09. The van der Waals surface area contributed by atoms with Crippen molar-refractivity contribution in [2.45, 2.75) is 17.7 Å². The molecule has 1 amide bonds. The van der Waals surface area contributed by atoms with Crippen molar-refractivity contribution in [2.24, 2.45) is 5.92 Å². The van der Waals surface area contributed by atoms with Gasteiger partial charge in [0.2, 0.25) is 0 Å². The van der Waals surface area contributed by atoms with Gasteiger partial charge in [0.1, 0.15) is 5.75 Å². The number of benzene rings is 1. The summed E-state index contributed by atoms with van der Waals surface area (Å²) < 4.78 is 28.5. The summed E-state index contributed by atoms with van der Waals surface area (Å²) in [4.78, 5) is 25.3. The first-order chi connectivity index (χ1) is 10.7. The summed E-state index contributed by atoms with van der Waals surface area (Å²) in [5.41, 5.74) is 0.126. The van der Waals surface area contributed by atoms with E-state index < -0.39 is 27.6 Å². The highest BCUT2D eigenvalue weighted by Crippen LogP contribution is 2.26. The normalized spacial score (nSPS) is 18.5. The Morgan fingerprint density at radius 2 is 2.04 bits per heavy atom. The van der Waals surface area contributed by atoms with Crippen LogP contribution in [0.15, 0.2) is 23.1 Å². The van der Waals surface area contributed by atoms with Crippen LogP contribution in [0.4, 0.5) is 0 Å². The van der Waals surface area contributed by atoms with E-state index in [1.807, 2.05) is 0 Å². The van der Waals surface area contributed by atoms with Crippen molar-refractivity contribution in [1.82, 2.24) is 4.90 Å². The number of hydrogen-bond acceptors (Lipinski definition) is 5. The average Bonchev–Trinajstić information content (AvgIpc) is 2.52. The van der Waals surface area contributed by atoms with Crippen LogP contribution in [-0.2, 0) is 14.6 Å². The summed E-state index contributed by atoms with van der Waals surface area (Å²) >= 11 is 0. The lowest BCUT2D eigenvalue weighted by molar-refractivity contribution is -0.143. The van der Waals surface area contributed by atoms with Gasteiger partial charge in [-0.1, -0.05) is 0 Å². The number of methoxy groups -OCH3 is 1. The van der Waals surface area contributed by atoms with E-state index in [1.54, 1.807) is 0 Å². The molecule has 0 spiro atoms. The fourth-order valence-corrected chi connectivity index (χ4v) is 3.27. The maximum atomic E-state index is 12.7. The molecular weight excluding hydrogens is 322 g/mol. The molecular formula is C15H19NO6S. The summed E-state index contributed by atoms with van der Waals surface area (Å²) in [6.45, 7) is 0.551. The highest BCUT2D eigenvalue weighted by Gasteiger charge is 2.30. The second-order valence-corrected chi connectivity index (χ2v) is 7.58. The van der Waals surface area contributed by atoms with Gasteiger partial charge in [-0.2, -0.15) is 0 Å². The monoisotopic (exact) mass is 341 g/mol. The van der Waals surface area contributed by atoms with Crippen LogP contribution >= 0.6 is 0 Å². The Labute approximate surface area is 134 Å². The lowest BCUT2D eigenvalue weighted by Crippen LogP contribution is -2.42. The number of carbonyl (C=O) groups excluding carboxylic acids is 1. The van der Waals surface area contributed by atoms with Crippen LogP contribution in [0, 0.1) is 5.92 Å². The molecule has 2 rings (SSSR count). The van der Waals surface area contributed by atoms with Gasteiger partial charge in [0.25, 0.3) is 5.91 Å². The molecule has 1 fully saturated rings. The van der Waals surface area contributed by atoms with Gasteiger partial charge in [0, 0.05) is 19.3 Å². The number of sulfone groups is 1. The number of nitrogens with zero attached hydrogens (tertiary/aromatic N) is 1. The molecule has 1 aromatic rings. The summed E-state index contributed by atoms with van der Waals surface area (Å²) in [6.07, 6.45) is 2.18. The van der Waals surface area contributed by atoms with Crippen molar-refractivity contribution >= 4 is 21.7 Å². The van der Waals surface area contributed by atoms with Gasteiger partial charge in [-0.3, -0.25) is 9.59 Å². The van der Waals surface area contributed by atoms with Crippen molar-refractivity contribution in [2.75, 3.05) is 26.5 Å². The van der Waals surface area contributed by atoms with Gasteiger partial charge >= 0.3 is 5.97 Å². The molecule has 1 aliphatic rings. The molecule has 1 N–H and O–H groups in total. The van der Waals surface area contributed by atoms with Crippen molar-refractivity contribution in [3.63, 3.8) is 0 Å². The molecule has 0 radical (unpaired) electrons. The smallest absolute Gasteiger partial charge is 0.308 e. The van der Waals surface area contributed by atoms with Gasteiger partial charge < -0.3 is 14.7 Å². The maximum absolute atomic E-state index is 12.7. The van der Waals surface area contributed by atoms with Crippen LogP contribution in [-0.4, -0.2) is 56.8 Å². The number of aliphatic carboxylic acids is 1. The zero-order valence-electron chi connectivity index (χ0n) is 13.0. The van der Waals surface area contributed by atoms with Gasteiger partial charge in [-0.15, -0.1) is 0 Å². The molecule has 1 aliphatic heterocycles. The number of carboxylic acids is 1. The number of carbonyl (C=O) groups is 2. The number of likely N-dealkylation sites (tertiary alicyclic amines) is 1. The average molecular weight is 341 g/mol. The van der Waals surface area contributed by atoms with E-state index in [0.717, 1.165) is 6.26 Å². The largest absolute Gasteiger partial charge is 0.496 e. The van der Waals surface area contributed by atoms with Crippen LogP contribution in [0.1, 0.15) is 23.2 Å². The zero-order valence-corrected chi connectivity index (χ0v) is 13.8. The molecule has 8 heteroatoms. The third-order valence-corrected chi connectivity index (χ3v) is 5.00. The van der Waals surface area contributed by atoms with E-state index in [-0.39, 0.29) is 22.8 Å². The third kappa shape index (κ3) is 3.82. The molecule has 1 heterocycles. The van der Waals surface area contributed by atoms with Crippen molar-refractivity contribution < 1.29 is 27.9 Å². The fourth-order valence-electron chi connectivity index (χ4n) is 2.62. The Kier molecular flexibility index (Phi) is 4.93. The summed E-state index contributed by atoms with van der Waals surface area (Å²) in [5, 5.41) is 9.12. The van der Waals surface area contributed by atoms with Crippen molar-refractivity contribution in [3.05, 3.63) is 23.8 Å². The maximum Gasteiger partial charge on any atom is 0.308 e. The number of hydrogen-bond donors (Lipinski definition) is 1. The van der Waals surface area contributed by atoms with Crippen molar-refractivity contribution in [3.8, 4) is 5.75 Å². The lowest BCUT2D eigenvalue weighted by Gasteiger charge is -2.31. The van der Waals surface area contributed by atoms with Crippen LogP contribution in [0.2, 0.25) is 0 Å². The minimum absolute atomic E-state index is 0.0217. The molecule has 1 aromatic carbocycles. The van der Waals surface area contributed by atoms with E-state index in [9.17, 15) is 18.0 Å². The molecule has 0 bridgehead atoms. The summed E-state index contributed by atoms with van der Waals surface area (Å²) in [7, 11) is -2.07. The second kappa shape index (κ2) is 6.57.